The van der Waals surface area contributed by atoms with Gasteiger partial charge in [-0.25, -0.2) is 0 Å². The molecular weight excluding hydrogens is 330 g/mol. The van der Waals surface area contributed by atoms with E-state index in [2.05, 4.69) is 49.3 Å². The second kappa shape index (κ2) is 6.93. The Morgan fingerprint density at radius 3 is 2.65 bits per heavy atom. The predicted molar refractivity (Wildman–Crippen MR) is 104 cm³/mol. The molecule has 3 heterocycles. The fraction of sp³-hybridized carbons (Fsp3) is 0.550. The third kappa shape index (κ3) is 2.97. The molecule has 0 radical (unpaired) electrons. The van der Waals surface area contributed by atoms with Crippen LogP contribution in [-0.2, 0) is 9.47 Å². The molecule has 1 saturated heterocycles. The van der Waals surface area contributed by atoms with Crippen molar-refractivity contribution >= 4 is 22.3 Å². The maximum atomic E-state index is 11.0. The molecule has 6 nitrogen and oxygen atoms in total. The second-order valence-electron chi connectivity index (χ2n) is 7.55. The van der Waals surface area contributed by atoms with Crippen LogP contribution in [0.5, 0.6) is 5.88 Å². The predicted octanol–water partition coefficient (Wildman–Crippen LogP) is 3.19. The Morgan fingerprint density at radius 2 is 2.04 bits per heavy atom. The molecule has 6 heteroatoms. The maximum absolute atomic E-state index is 11.0. The number of nitrogens with zero attached hydrogens (tertiary/aromatic N) is 2. The van der Waals surface area contributed by atoms with E-state index in [4.69, 9.17) is 9.47 Å². The van der Waals surface area contributed by atoms with Gasteiger partial charge in [0.15, 0.2) is 0 Å². The molecular formula is C20H27N3O3. The lowest BCUT2D eigenvalue weighted by atomic mass is 10.0. The number of benzene rings is 1. The van der Waals surface area contributed by atoms with Gasteiger partial charge >= 0.3 is 0 Å². The first-order valence-electron chi connectivity index (χ1n) is 9.39. The van der Waals surface area contributed by atoms with Crippen molar-refractivity contribution in [2.75, 3.05) is 38.3 Å². The zero-order valence-electron chi connectivity index (χ0n) is 15.7. The molecule has 1 aromatic heterocycles. The minimum absolute atomic E-state index is 0.171. The van der Waals surface area contributed by atoms with E-state index < -0.39 is 0 Å². The van der Waals surface area contributed by atoms with Crippen LogP contribution in [0.2, 0.25) is 0 Å². The quantitative estimate of drug-likeness (QED) is 0.862. The molecule has 2 N–H and O–H groups in total. The highest BCUT2D eigenvalue weighted by atomic mass is 16.5. The standard InChI is InChI=1S/C20H27N3O3/c1-12(2)13(3)22-14-4-5-18-16(8-14)19(17-11-25-7-6-21-17)20(24)23(18)15-9-26-10-15/h4-5,8,12-13,15,22,24H,6-7,9-11H2,1-3H3. The van der Waals surface area contributed by atoms with Crippen molar-refractivity contribution in [1.82, 2.24) is 4.57 Å². The molecule has 0 spiro atoms. The molecule has 0 bridgehead atoms. The summed E-state index contributed by atoms with van der Waals surface area (Å²) in [6, 6.07) is 6.82. The first-order valence-corrected chi connectivity index (χ1v) is 9.39. The van der Waals surface area contributed by atoms with E-state index in [1.807, 2.05) is 4.57 Å². The first-order chi connectivity index (χ1) is 12.6. The first kappa shape index (κ1) is 17.4. The van der Waals surface area contributed by atoms with Crippen LogP contribution < -0.4 is 5.32 Å². The fourth-order valence-corrected chi connectivity index (χ4v) is 3.46. The van der Waals surface area contributed by atoms with Crippen molar-refractivity contribution in [3.63, 3.8) is 0 Å². The van der Waals surface area contributed by atoms with Crippen molar-refractivity contribution in [2.24, 2.45) is 10.9 Å². The molecule has 0 amide bonds. The number of aliphatic imine (C=N–C) groups is 1. The summed E-state index contributed by atoms with van der Waals surface area (Å²) in [7, 11) is 0. The Labute approximate surface area is 153 Å². The van der Waals surface area contributed by atoms with Crippen LogP contribution in [0.1, 0.15) is 32.4 Å². The Bertz CT molecular complexity index is 836. The third-order valence-corrected chi connectivity index (χ3v) is 5.42. The topological polar surface area (TPSA) is 68.0 Å². The number of aromatic hydroxyl groups is 1. The summed E-state index contributed by atoms with van der Waals surface area (Å²) in [5, 5.41) is 15.6. The Morgan fingerprint density at radius 1 is 1.23 bits per heavy atom. The third-order valence-electron chi connectivity index (χ3n) is 5.42. The summed E-state index contributed by atoms with van der Waals surface area (Å²) in [5.41, 5.74) is 3.69. The van der Waals surface area contributed by atoms with Gasteiger partial charge in [-0.15, -0.1) is 0 Å². The molecule has 1 atom stereocenters. The van der Waals surface area contributed by atoms with Crippen LogP contribution in [0.15, 0.2) is 23.2 Å². The summed E-state index contributed by atoms with van der Waals surface area (Å²) in [5.74, 6) is 0.804. The lowest BCUT2D eigenvalue weighted by Crippen LogP contribution is -2.30. The maximum Gasteiger partial charge on any atom is 0.201 e. The monoisotopic (exact) mass is 357 g/mol. The highest BCUT2D eigenvalue weighted by Crippen LogP contribution is 2.38. The van der Waals surface area contributed by atoms with Crippen LogP contribution in [0.4, 0.5) is 5.69 Å². The zero-order chi connectivity index (χ0) is 18.3. The highest BCUT2D eigenvalue weighted by Gasteiger charge is 2.30. The Balaban J connectivity index is 1.83. The van der Waals surface area contributed by atoms with E-state index in [1.54, 1.807) is 0 Å². The normalized spacial score (nSPS) is 19.5. The number of aromatic nitrogens is 1. The smallest absolute Gasteiger partial charge is 0.201 e. The lowest BCUT2D eigenvalue weighted by Gasteiger charge is -2.29. The van der Waals surface area contributed by atoms with E-state index >= 15 is 0 Å². The number of fused-ring (bicyclic) bond motifs is 1. The molecule has 26 heavy (non-hydrogen) atoms. The number of hydrogen-bond donors (Lipinski definition) is 2. The molecule has 0 aliphatic carbocycles. The largest absolute Gasteiger partial charge is 0.494 e. The summed E-state index contributed by atoms with van der Waals surface area (Å²) < 4.78 is 12.9. The molecule has 2 aliphatic heterocycles. The summed E-state index contributed by atoms with van der Waals surface area (Å²) in [6.45, 7) is 9.56. The molecule has 1 unspecified atom stereocenters. The fourth-order valence-electron chi connectivity index (χ4n) is 3.46. The van der Waals surface area contributed by atoms with Crippen LogP contribution in [-0.4, -0.2) is 54.4 Å². The number of rotatable bonds is 5. The van der Waals surface area contributed by atoms with E-state index in [-0.39, 0.29) is 11.9 Å². The molecule has 1 aromatic carbocycles. The number of anilines is 1. The van der Waals surface area contributed by atoms with Crippen LogP contribution in [0.25, 0.3) is 10.9 Å². The molecule has 2 aromatic rings. The summed E-state index contributed by atoms with van der Waals surface area (Å²) in [6.07, 6.45) is 0. The van der Waals surface area contributed by atoms with Gasteiger partial charge in [-0.3, -0.25) is 4.99 Å². The van der Waals surface area contributed by atoms with Gasteiger partial charge < -0.3 is 24.5 Å². The van der Waals surface area contributed by atoms with E-state index in [1.165, 1.54) is 0 Å². The Kier molecular flexibility index (Phi) is 4.63. The van der Waals surface area contributed by atoms with Gasteiger partial charge in [-0.2, -0.15) is 0 Å². The minimum Gasteiger partial charge on any atom is -0.494 e. The van der Waals surface area contributed by atoms with Gasteiger partial charge in [-0.05, 0) is 31.0 Å². The van der Waals surface area contributed by atoms with Crippen LogP contribution >= 0.6 is 0 Å². The average molecular weight is 357 g/mol. The van der Waals surface area contributed by atoms with Crippen LogP contribution in [0.3, 0.4) is 0 Å². The SMILES string of the molecule is CC(C)C(C)Nc1ccc2c(c1)c(C1=NCCOC1)c(O)n2C1COC1. The second-order valence-corrected chi connectivity index (χ2v) is 7.55. The van der Waals surface area contributed by atoms with Gasteiger partial charge in [0.05, 0.1) is 55.8 Å². The number of ether oxygens (including phenoxy) is 2. The average Bonchev–Trinajstić information content (AvgIpc) is 2.86. The molecule has 0 saturated carbocycles. The highest BCUT2D eigenvalue weighted by molar-refractivity contribution is 6.14. The van der Waals surface area contributed by atoms with Crippen molar-refractivity contribution in [2.45, 2.75) is 32.9 Å². The van der Waals surface area contributed by atoms with Gasteiger partial charge in [0.25, 0.3) is 0 Å². The molecule has 2 aliphatic rings. The minimum atomic E-state index is 0.171. The van der Waals surface area contributed by atoms with Crippen LogP contribution in [0, 0.1) is 5.92 Å². The van der Waals surface area contributed by atoms with Crippen molar-refractivity contribution in [1.29, 1.82) is 0 Å². The number of nitrogens with one attached hydrogen (secondary N) is 1. The van der Waals surface area contributed by atoms with Crippen molar-refractivity contribution < 1.29 is 14.6 Å². The van der Waals surface area contributed by atoms with Gasteiger partial charge in [0, 0.05) is 17.1 Å². The molecule has 1 fully saturated rings. The zero-order valence-corrected chi connectivity index (χ0v) is 15.7. The van der Waals surface area contributed by atoms with Crippen molar-refractivity contribution in [3.8, 4) is 5.88 Å². The summed E-state index contributed by atoms with van der Waals surface area (Å²) >= 11 is 0. The molecule has 4 rings (SSSR count). The van der Waals surface area contributed by atoms with Crippen molar-refractivity contribution in [3.05, 3.63) is 23.8 Å². The number of hydrogen-bond acceptors (Lipinski definition) is 5. The van der Waals surface area contributed by atoms with Gasteiger partial charge in [0.1, 0.15) is 0 Å². The Hall–Kier alpha value is -2.05. The van der Waals surface area contributed by atoms with E-state index in [0.717, 1.165) is 27.9 Å². The van der Waals surface area contributed by atoms with E-state index in [0.29, 0.717) is 44.9 Å². The summed E-state index contributed by atoms with van der Waals surface area (Å²) in [4.78, 5) is 4.61. The lowest BCUT2D eigenvalue weighted by molar-refractivity contribution is -0.0238. The molecule has 140 valence electrons. The van der Waals surface area contributed by atoms with E-state index in [9.17, 15) is 5.11 Å². The van der Waals surface area contributed by atoms with Gasteiger partial charge in [-0.1, -0.05) is 13.8 Å². The van der Waals surface area contributed by atoms with Gasteiger partial charge in [0.2, 0.25) is 5.88 Å².